The molecule has 2 aromatic carbocycles. The first-order valence-corrected chi connectivity index (χ1v) is 14.4. The van der Waals surface area contributed by atoms with Crippen molar-refractivity contribution in [2.75, 3.05) is 30.3 Å². The van der Waals surface area contributed by atoms with Crippen LogP contribution in [0, 0.1) is 0 Å². The number of anilines is 1. The summed E-state index contributed by atoms with van der Waals surface area (Å²) in [7, 11) is -3.52. The van der Waals surface area contributed by atoms with E-state index in [0.29, 0.717) is 30.6 Å². The molecule has 0 bridgehead atoms. The van der Waals surface area contributed by atoms with Gasteiger partial charge in [-0.2, -0.15) is 4.31 Å². The molecule has 0 N–H and O–H groups in total. The van der Waals surface area contributed by atoms with E-state index in [-0.39, 0.29) is 16.6 Å². The molecular weight excluding hydrogens is 482 g/mol. The van der Waals surface area contributed by atoms with Crippen molar-refractivity contribution in [2.45, 2.75) is 50.2 Å². The minimum Gasteiger partial charge on any atom is -0.311 e. The highest BCUT2D eigenvalue weighted by Crippen LogP contribution is 2.29. The smallest absolute Gasteiger partial charge is 0.243 e. The predicted molar refractivity (Wildman–Crippen MR) is 139 cm³/mol. The molecule has 0 unspecified atom stereocenters. The van der Waals surface area contributed by atoms with E-state index in [4.69, 9.17) is 0 Å². The van der Waals surface area contributed by atoms with Crippen LogP contribution in [0.5, 0.6) is 0 Å². The molecule has 1 amide bonds. The van der Waals surface area contributed by atoms with Gasteiger partial charge in [-0.05, 0) is 55.7 Å². The number of rotatable bonds is 9. The van der Waals surface area contributed by atoms with Gasteiger partial charge in [-0.15, -0.1) is 10.2 Å². The van der Waals surface area contributed by atoms with Gasteiger partial charge in [0.2, 0.25) is 15.9 Å². The second-order valence-electron chi connectivity index (χ2n) is 8.23. The monoisotopic (exact) mass is 513 g/mol. The second-order valence-corrected chi connectivity index (χ2v) is 11.1. The Hall–Kier alpha value is -2.69. The molecule has 3 aromatic rings. The zero-order valence-corrected chi connectivity index (χ0v) is 22.0. The van der Waals surface area contributed by atoms with E-state index >= 15 is 0 Å². The molecule has 1 aromatic heterocycles. The number of thioether (sulfide) groups is 1. The predicted octanol–water partition coefficient (Wildman–Crippen LogP) is 4.07. The van der Waals surface area contributed by atoms with E-state index in [1.807, 2.05) is 48.4 Å². The zero-order valence-electron chi connectivity index (χ0n) is 20.3. The molecular formula is C25H31N5O3S2. The van der Waals surface area contributed by atoms with Crippen LogP contribution in [0.2, 0.25) is 0 Å². The third-order valence-electron chi connectivity index (χ3n) is 6.22. The molecule has 2 heterocycles. The van der Waals surface area contributed by atoms with Crippen molar-refractivity contribution in [3.05, 3.63) is 54.1 Å². The van der Waals surface area contributed by atoms with Crippen LogP contribution in [0.3, 0.4) is 0 Å². The Balaban J connectivity index is 1.50. The van der Waals surface area contributed by atoms with Crippen LogP contribution < -0.4 is 4.90 Å². The number of fused-ring (bicyclic) bond motifs is 1. The van der Waals surface area contributed by atoms with Crippen LogP contribution in [-0.4, -0.2) is 58.8 Å². The van der Waals surface area contributed by atoms with Crippen molar-refractivity contribution in [2.24, 2.45) is 0 Å². The standard InChI is InChI=1S/C25H31N5O3S2/c1-4-28(5-2)35(32,33)21-15-13-20(14-16-21)24-26-27-25(29(24)6-3)34-18-23(31)30-17-9-11-19-10-7-8-12-22(19)30/h7-8,10,12-16H,4-6,9,11,17-18H2,1-3H3. The van der Waals surface area contributed by atoms with E-state index in [2.05, 4.69) is 16.3 Å². The number of amides is 1. The van der Waals surface area contributed by atoms with Gasteiger partial charge in [-0.25, -0.2) is 8.42 Å². The van der Waals surface area contributed by atoms with Crippen LogP contribution in [0.1, 0.15) is 32.8 Å². The maximum atomic E-state index is 13.0. The lowest BCUT2D eigenvalue weighted by atomic mass is 10.0. The van der Waals surface area contributed by atoms with Gasteiger partial charge in [0.1, 0.15) is 0 Å². The Labute approximate surface area is 211 Å². The summed E-state index contributed by atoms with van der Waals surface area (Å²) in [6.07, 6.45) is 1.96. The summed E-state index contributed by atoms with van der Waals surface area (Å²) < 4.78 is 28.9. The number of carbonyl (C=O) groups excluding carboxylic acids is 1. The minimum absolute atomic E-state index is 0.0558. The zero-order chi connectivity index (χ0) is 25.0. The van der Waals surface area contributed by atoms with Crippen molar-refractivity contribution in [3.8, 4) is 11.4 Å². The third kappa shape index (κ3) is 5.14. The summed E-state index contributed by atoms with van der Waals surface area (Å²) in [6.45, 7) is 7.86. The highest BCUT2D eigenvalue weighted by molar-refractivity contribution is 7.99. The van der Waals surface area contributed by atoms with Gasteiger partial charge in [0.15, 0.2) is 11.0 Å². The number of nitrogens with zero attached hydrogens (tertiary/aromatic N) is 5. The highest BCUT2D eigenvalue weighted by Gasteiger charge is 2.24. The van der Waals surface area contributed by atoms with E-state index in [0.717, 1.165) is 30.6 Å². The van der Waals surface area contributed by atoms with Crippen LogP contribution in [0.25, 0.3) is 11.4 Å². The summed E-state index contributed by atoms with van der Waals surface area (Å²) in [4.78, 5) is 15.2. The molecule has 35 heavy (non-hydrogen) atoms. The Morgan fingerprint density at radius 1 is 1.03 bits per heavy atom. The number of aromatic nitrogens is 3. The van der Waals surface area contributed by atoms with Gasteiger partial charge in [-0.1, -0.05) is 43.8 Å². The Morgan fingerprint density at radius 3 is 2.43 bits per heavy atom. The third-order valence-corrected chi connectivity index (χ3v) is 9.24. The maximum Gasteiger partial charge on any atom is 0.243 e. The number of sulfonamides is 1. The lowest BCUT2D eigenvalue weighted by Crippen LogP contribution is -2.36. The molecule has 4 rings (SSSR count). The molecule has 10 heteroatoms. The number of aryl methyl sites for hydroxylation is 1. The van der Waals surface area contributed by atoms with Crippen molar-refractivity contribution in [1.29, 1.82) is 0 Å². The molecule has 0 radical (unpaired) electrons. The van der Waals surface area contributed by atoms with E-state index < -0.39 is 10.0 Å². The summed E-state index contributed by atoms with van der Waals surface area (Å²) in [6, 6.07) is 14.8. The molecule has 0 aliphatic carbocycles. The summed E-state index contributed by atoms with van der Waals surface area (Å²) in [5.41, 5.74) is 2.99. The first-order chi connectivity index (χ1) is 16.9. The number of carbonyl (C=O) groups is 1. The van der Waals surface area contributed by atoms with Crippen LogP contribution >= 0.6 is 11.8 Å². The molecule has 0 fully saturated rings. The van der Waals surface area contributed by atoms with Crippen molar-refractivity contribution in [1.82, 2.24) is 19.1 Å². The van der Waals surface area contributed by atoms with Crippen LogP contribution in [-0.2, 0) is 27.8 Å². The fourth-order valence-electron chi connectivity index (χ4n) is 4.38. The molecule has 0 spiro atoms. The SMILES string of the molecule is CCN(CC)S(=O)(=O)c1ccc(-c2nnc(SCC(=O)N3CCCc4ccccc43)n2CC)cc1. The van der Waals surface area contributed by atoms with Gasteiger partial charge in [0, 0.05) is 37.4 Å². The lowest BCUT2D eigenvalue weighted by Gasteiger charge is -2.29. The van der Waals surface area contributed by atoms with Crippen molar-refractivity contribution < 1.29 is 13.2 Å². The van der Waals surface area contributed by atoms with E-state index in [1.54, 1.807) is 24.3 Å². The molecule has 8 nitrogen and oxygen atoms in total. The van der Waals surface area contributed by atoms with E-state index in [9.17, 15) is 13.2 Å². The average molecular weight is 514 g/mol. The normalized spacial score (nSPS) is 13.8. The Kier molecular flexibility index (Phi) is 7.93. The molecule has 1 aliphatic heterocycles. The number of para-hydroxylation sites is 1. The van der Waals surface area contributed by atoms with Crippen LogP contribution in [0.15, 0.2) is 58.6 Å². The molecule has 0 saturated heterocycles. The van der Waals surface area contributed by atoms with Gasteiger partial charge in [0.05, 0.1) is 10.6 Å². The fraction of sp³-hybridized carbons (Fsp3) is 0.400. The average Bonchev–Trinajstić information content (AvgIpc) is 3.30. The Morgan fingerprint density at radius 2 is 1.74 bits per heavy atom. The second kappa shape index (κ2) is 10.9. The minimum atomic E-state index is -3.52. The summed E-state index contributed by atoms with van der Waals surface area (Å²) in [5, 5.41) is 9.35. The van der Waals surface area contributed by atoms with Gasteiger partial charge in [0.25, 0.3) is 0 Å². The maximum absolute atomic E-state index is 13.0. The van der Waals surface area contributed by atoms with Gasteiger partial charge < -0.3 is 9.47 Å². The summed E-state index contributed by atoms with van der Waals surface area (Å²) >= 11 is 1.38. The first kappa shape index (κ1) is 25.4. The molecule has 0 saturated carbocycles. The highest BCUT2D eigenvalue weighted by atomic mass is 32.2. The van der Waals surface area contributed by atoms with Crippen molar-refractivity contribution in [3.63, 3.8) is 0 Å². The Bertz CT molecular complexity index is 1280. The quantitative estimate of drug-likeness (QED) is 0.401. The topological polar surface area (TPSA) is 88.4 Å². The molecule has 1 aliphatic rings. The summed E-state index contributed by atoms with van der Waals surface area (Å²) in [5.74, 6) is 0.978. The lowest BCUT2D eigenvalue weighted by molar-refractivity contribution is -0.116. The van der Waals surface area contributed by atoms with Crippen molar-refractivity contribution >= 4 is 33.4 Å². The molecule has 186 valence electrons. The van der Waals surface area contributed by atoms with Gasteiger partial charge in [-0.3, -0.25) is 4.79 Å². The number of benzene rings is 2. The van der Waals surface area contributed by atoms with Crippen LogP contribution in [0.4, 0.5) is 5.69 Å². The number of hydrogen-bond acceptors (Lipinski definition) is 6. The first-order valence-electron chi connectivity index (χ1n) is 12.0. The molecule has 0 atom stereocenters. The largest absolute Gasteiger partial charge is 0.311 e. The fourth-order valence-corrected chi connectivity index (χ4v) is 6.72. The van der Waals surface area contributed by atoms with Gasteiger partial charge >= 0.3 is 0 Å². The van der Waals surface area contributed by atoms with E-state index in [1.165, 1.54) is 21.6 Å². The number of hydrogen-bond donors (Lipinski definition) is 0.